The summed E-state index contributed by atoms with van der Waals surface area (Å²) in [6, 6.07) is 12.2. The van der Waals surface area contributed by atoms with Gasteiger partial charge in [0, 0.05) is 30.9 Å². The number of hydrogen-bond acceptors (Lipinski definition) is 2. The third-order valence-electron chi connectivity index (χ3n) is 3.14. The van der Waals surface area contributed by atoms with Crippen LogP contribution >= 0.6 is 17.0 Å². The fraction of sp³-hybridized carbons (Fsp3) is 0.455. The summed E-state index contributed by atoms with van der Waals surface area (Å²) in [5.74, 6) is 0. The van der Waals surface area contributed by atoms with Crippen molar-refractivity contribution in [1.82, 2.24) is 5.32 Å². The normalized spacial score (nSPS) is 29.0. The largest absolute Gasteiger partial charge is 0.366 e. The summed E-state index contributed by atoms with van der Waals surface area (Å²) in [5.41, 5.74) is 1.39. The highest BCUT2D eigenvalue weighted by Crippen LogP contribution is 2.28. The van der Waals surface area contributed by atoms with E-state index in [0.717, 1.165) is 12.1 Å². The number of rotatable bonds is 1. The third kappa shape index (κ3) is 1.55. The second kappa shape index (κ2) is 3.91. The number of anilines is 1. The Balaban J connectivity index is 0.000000750. The Hall–Kier alpha value is -0.540. The van der Waals surface area contributed by atoms with Gasteiger partial charge in [-0.15, -0.1) is 17.0 Å². The van der Waals surface area contributed by atoms with Crippen LogP contribution in [0, 0.1) is 0 Å². The molecule has 2 atom stereocenters. The molecule has 0 amide bonds. The second-order valence-corrected chi connectivity index (χ2v) is 3.98. The number of para-hydroxylation sites is 1. The van der Waals surface area contributed by atoms with E-state index in [1.54, 1.807) is 0 Å². The summed E-state index contributed by atoms with van der Waals surface area (Å²) in [6.07, 6.45) is 1.33. The highest BCUT2D eigenvalue weighted by Gasteiger charge is 2.37. The Morgan fingerprint density at radius 3 is 2.57 bits per heavy atom. The van der Waals surface area contributed by atoms with Gasteiger partial charge in [-0.2, -0.15) is 0 Å². The predicted molar refractivity (Wildman–Crippen MR) is 64.3 cm³/mol. The summed E-state index contributed by atoms with van der Waals surface area (Å²) < 4.78 is 0. The van der Waals surface area contributed by atoms with E-state index in [-0.39, 0.29) is 17.0 Å². The smallest absolute Gasteiger partial charge is 0.0430 e. The molecule has 2 bridgehead atoms. The molecule has 3 rings (SSSR count). The highest BCUT2D eigenvalue weighted by atomic mass is 79.9. The third-order valence-corrected chi connectivity index (χ3v) is 3.14. The molecule has 0 radical (unpaired) electrons. The fourth-order valence-electron chi connectivity index (χ4n) is 2.50. The average Bonchev–Trinajstić information content (AvgIpc) is 2.80. The van der Waals surface area contributed by atoms with E-state index in [9.17, 15) is 0 Å². The lowest BCUT2D eigenvalue weighted by Gasteiger charge is -2.29. The molecule has 14 heavy (non-hydrogen) atoms. The summed E-state index contributed by atoms with van der Waals surface area (Å²) in [4.78, 5) is 2.53. The minimum Gasteiger partial charge on any atom is -0.366 e. The molecule has 0 saturated carbocycles. The molecule has 2 saturated heterocycles. The zero-order valence-electron chi connectivity index (χ0n) is 8.02. The topological polar surface area (TPSA) is 15.3 Å². The molecule has 2 heterocycles. The first-order chi connectivity index (χ1) is 6.43. The summed E-state index contributed by atoms with van der Waals surface area (Å²) >= 11 is 0. The van der Waals surface area contributed by atoms with Crippen molar-refractivity contribution in [2.75, 3.05) is 18.0 Å². The van der Waals surface area contributed by atoms with Gasteiger partial charge in [-0.05, 0) is 18.6 Å². The number of nitrogens with zero attached hydrogens (tertiary/aromatic N) is 1. The predicted octanol–water partition coefficient (Wildman–Crippen LogP) is 1.81. The van der Waals surface area contributed by atoms with E-state index < -0.39 is 0 Å². The Labute approximate surface area is 95.1 Å². The van der Waals surface area contributed by atoms with E-state index in [1.807, 2.05) is 0 Å². The molecule has 1 N–H and O–H groups in total. The van der Waals surface area contributed by atoms with E-state index in [4.69, 9.17) is 0 Å². The van der Waals surface area contributed by atoms with Crippen LogP contribution in [0.4, 0.5) is 5.69 Å². The second-order valence-electron chi connectivity index (χ2n) is 3.98. The number of fused-ring (bicyclic) bond motifs is 2. The van der Waals surface area contributed by atoms with E-state index in [1.165, 1.54) is 25.2 Å². The fourth-order valence-corrected chi connectivity index (χ4v) is 2.50. The number of nitrogens with one attached hydrogen (secondary N) is 1. The van der Waals surface area contributed by atoms with Crippen molar-refractivity contribution in [3.05, 3.63) is 30.3 Å². The molecule has 76 valence electrons. The molecule has 3 heteroatoms. The SMILES string of the molecule is Br.c1ccc(N2CC3CC2CN3)cc1. The number of hydrogen-bond donors (Lipinski definition) is 1. The number of halogens is 1. The van der Waals surface area contributed by atoms with Crippen molar-refractivity contribution >= 4 is 22.7 Å². The van der Waals surface area contributed by atoms with E-state index in [2.05, 4.69) is 40.5 Å². The van der Waals surface area contributed by atoms with E-state index in [0.29, 0.717) is 0 Å². The number of benzene rings is 1. The van der Waals surface area contributed by atoms with Gasteiger partial charge in [-0.1, -0.05) is 18.2 Å². The molecule has 0 aliphatic carbocycles. The van der Waals surface area contributed by atoms with Crippen molar-refractivity contribution < 1.29 is 0 Å². The Morgan fingerprint density at radius 1 is 1.21 bits per heavy atom. The maximum Gasteiger partial charge on any atom is 0.0430 e. The molecule has 1 aromatic rings. The molecule has 0 aromatic heterocycles. The highest BCUT2D eigenvalue weighted by molar-refractivity contribution is 8.93. The van der Waals surface area contributed by atoms with Gasteiger partial charge in [0.2, 0.25) is 0 Å². The zero-order chi connectivity index (χ0) is 8.67. The molecule has 2 unspecified atom stereocenters. The van der Waals surface area contributed by atoms with E-state index >= 15 is 0 Å². The lowest BCUT2D eigenvalue weighted by atomic mass is 10.2. The first kappa shape index (κ1) is 9.99. The molecular weight excluding hydrogens is 240 g/mol. The molecule has 2 nitrogen and oxygen atoms in total. The first-order valence-electron chi connectivity index (χ1n) is 4.98. The molecule has 2 fully saturated rings. The Morgan fingerprint density at radius 2 is 2.00 bits per heavy atom. The first-order valence-corrected chi connectivity index (χ1v) is 4.98. The quantitative estimate of drug-likeness (QED) is 0.823. The van der Waals surface area contributed by atoms with Crippen LogP contribution in [0.25, 0.3) is 0 Å². The van der Waals surface area contributed by atoms with Crippen molar-refractivity contribution in [1.29, 1.82) is 0 Å². The lowest BCUT2D eigenvalue weighted by molar-refractivity contribution is 0.580. The maximum atomic E-state index is 3.51. The van der Waals surface area contributed by atoms with Crippen LogP contribution in [0.15, 0.2) is 30.3 Å². The van der Waals surface area contributed by atoms with Crippen molar-refractivity contribution in [2.45, 2.75) is 18.5 Å². The van der Waals surface area contributed by atoms with Crippen molar-refractivity contribution in [3.8, 4) is 0 Å². The van der Waals surface area contributed by atoms with Gasteiger partial charge in [0.15, 0.2) is 0 Å². The molecule has 2 aliphatic heterocycles. The summed E-state index contributed by atoms with van der Waals surface area (Å²) in [7, 11) is 0. The van der Waals surface area contributed by atoms with Crippen LogP contribution in [-0.4, -0.2) is 25.2 Å². The molecule has 1 aromatic carbocycles. The van der Waals surface area contributed by atoms with Gasteiger partial charge in [0.1, 0.15) is 0 Å². The zero-order valence-corrected chi connectivity index (χ0v) is 9.73. The van der Waals surface area contributed by atoms with Gasteiger partial charge in [0.25, 0.3) is 0 Å². The standard InChI is InChI=1S/C11H14N2.BrH/c1-2-4-10(5-3-1)13-8-9-6-11(13)7-12-9;/h1-5,9,11-12H,6-8H2;1H. The Bertz CT molecular complexity index is 301. The van der Waals surface area contributed by atoms with Gasteiger partial charge in [-0.3, -0.25) is 0 Å². The van der Waals surface area contributed by atoms with Crippen LogP contribution in [0.2, 0.25) is 0 Å². The number of piperazine rings is 1. The van der Waals surface area contributed by atoms with Crippen LogP contribution < -0.4 is 10.2 Å². The maximum absolute atomic E-state index is 3.51. The summed E-state index contributed by atoms with van der Waals surface area (Å²) in [5, 5.41) is 3.51. The molecular formula is C11H15BrN2. The van der Waals surface area contributed by atoms with Gasteiger partial charge >= 0.3 is 0 Å². The van der Waals surface area contributed by atoms with Crippen molar-refractivity contribution in [2.24, 2.45) is 0 Å². The molecule has 0 spiro atoms. The van der Waals surface area contributed by atoms with Crippen LogP contribution in [-0.2, 0) is 0 Å². The van der Waals surface area contributed by atoms with Gasteiger partial charge in [0.05, 0.1) is 0 Å². The summed E-state index contributed by atoms with van der Waals surface area (Å²) in [6.45, 7) is 2.36. The van der Waals surface area contributed by atoms with Crippen LogP contribution in [0.5, 0.6) is 0 Å². The Kier molecular flexibility index (Phi) is 2.79. The van der Waals surface area contributed by atoms with Gasteiger partial charge in [-0.25, -0.2) is 0 Å². The van der Waals surface area contributed by atoms with Crippen LogP contribution in [0.1, 0.15) is 6.42 Å². The molecule has 2 aliphatic rings. The minimum atomic E-state index is 0. The average molecular weight is 255 g/mol. The minimum absolute atomic E-state index is 0. The monoisotopic (exact) mass is 254 g/mol. The van der Waals surface area contributed by atoms with Crippen LogP contribution in [0.3, 0.4) is 0 Å². The lowest BCUT2D eigenvalue weighted by Crippen LogP contribution is -2.43. The van der Waals surface area contributed by atoms with Gasteiger partial charge < -0.3 is 10.2 Å². The van der Waals surface area contributed by atoms with Crippen molar-refractivity contribution in [3.63, 3.8) is 0 Å².